The Bertz CT molecular complexity index is 404. The molecule has 0 atom stereocenters. The second kappa shape index (κ2) is 6.24. The predicted octanol–water partition coefficient (Wildman–Crippen LogP) is 1.35. The average molecular weight is 254 g/mol. The molecule has 92 valence electrons. The number of rotatable bonds is 5. The zero-order valence-electron chi connectivity index (χ0n) is 9.71. The Balaban J connectivity index is 2.42. The second-order valence-electron chi connectivity index (χ2n) is 3.58. The number of hydrogen-bond acceptors (Lipinski definition) is 4. The maximum atomic E-state index is 11.3. The summed E-state index contributed by atoms with van der Waals surface area (Å²) in [6.45, 7) is 0. The number of nitrogens with zero attached hydrogens (tertiary/aromatic N) is 2. The van der Waals surface area contributed by atoms with Gasteiger partial charge in [-0.25, -0.2) is 9.78 Å². The molecule has 1 amide bonds. The van der Waals surface area contributed by atoms with E-state index in [0.29, 0.717) is 12.2 Å². The first kappa shape index (κ1) is 13.5. The third-order valence-corrected chi connectivity index (χ3v) is 2.99. The van der Waals surface area contributed by atoms with E-state index in [1.807, 2.05) is 0 Å². The molecule has 6 heteroatoms. The van der Waals surface area contributed by atoms with Gasteiger partial charge >= 0.3 is 5.97 Å². The molecule has 1 heterocycles. The number of carbonyl (C=O) groups is 2. The normalized spacial score (nSPS) is 10.0. The van der Waals surface area contributed by atoms with Crippen LogP contribution in [0.5, 0.6) is 0 Å². The quantitative estimate of drug-likeness (QED) is 0.803. The highest BCUT2D eigenvalue weighted by atomic mass is 32.2. The van der Waals surface area contributed by atoms with Crippen LogP contribution in [0, 0.1) is 0 Å². The first-order valence-corrected chi connectivity index (χ1v) is 6.01. The van der Waals surface area contributed by atoms with E-state index in [1.54, 1.807) is 25.1 Å². The number of pyridine rings is 1. The van der Waals surface area contributed by atoms with Gasteiger partial charge in [-0.1, -0.05) is 0 Å². The van der Waals surface area contributed by atoms with Crippen molar-refractivity contribution in [2.75, 3.05) is 19.8 Å². The molecule has 1 aromatic heterocycles. The third-order valence-electron chi connectivity index (χ3n) is 2.05. The number of amides is 1. The molecule has 1 aromatic rings. The zero-order chi connectivity index (χ0) is 12.8. The Labute approximate surface area is 104 Å². The number of carboxylic acids is 1. The van der Waals surface area contributed by atoms with Crippen LogP contribution in [0.25, 0.3) is 0 Å². The summed E-state index contributed by atoms with van der Waals surface area (Å²) in [4.78, 5) is 27.4. The molecule has 0 aromatic carbocycles. The lowest BCUT2D eigenvalue weighted by Crippen LogP contribution is -2.21. The van der Waals surface area contributed by atoms with Crippen molar-refractivity contribution in [3.63, 3.8) is 0 Å². The molecule has 1 N–H and O–H groups in total. The number of hydrogen-bond donors (Lipinski definition) is 1. The summed E-state index contributed by atoms with van der Waals surface area (Å²) in [5.74, 6) is -0.285. The summed E-state index contributed by atoms with van der Waals surface area (Å²) in [7, 11) is 3.43. The van der Waals surface area contributed by atoms with Crippen molar-refractivity contribution in [2.45, 2.75) is 11.4 Å². The van der Waals surface area contributed by atoms with Gasteiger partial charge in [0.2, 0.25) is 5.91 Å². The van der Waals surface area contributed by atoms with Crippen LogP contribution in [0.1, 0.15) is 16.8 Å². The van der Waals surface area contributed by atoms with Gasteiger partial charge in [-0.2, -0.15) is 0 Å². The van der Waals surface area contributed by atoms with Gasteiger partial charge in [-0.3, -0.25) is 4.79 Å². The molecule has 0 saturated carbocycles. The molecule has 5 nitrogen and oxygen atoms in total. The van der Waals surface area contributed by atoms with Crippen LogP contribution in [0.3, 0.4) is 0 Å². The summed E-state index contributed by atoms with van der Waals surface area (Å²) in [6.07, 6.45) is 1.76. The fourth-order valence-electron chi connectivity index (χ4n) is 1.06. The number of carbonyl (C=O) groups excluding carboxylic acids is 1. The molecular weight excluding hydrogens is 240 g/mol. The van der Waals surface area contributed by atoms with Crippen molar-refractivity contribution in [1.82, 2.24) is 9.88 Å². The van der Waals surface area contributed by atoms with E-state index in [0.717, 1.165) is 5.03 Å². The van der Waals surface area contributed by atoms with Crippen LogP contribution in [-0.4, -0.2) is 46.7 Å². The molecule has 0 aliphatic rings. The highest BCUT2D eigenvalue weighted by Crippen LogP contribution is 2.16. The van der Waals surface area contributed by atoms with Gasteiger partial charge in [0.15, 0.2) is 0 Å². The molecule has 0 aliphatic carbocycles. The van der Waals surface area contributed by atoms with Crippen molar-refractivity contribution in [3.8, 4) is 0 Å². The Morgan fingerprint density at radius 3 is 2.59 bits per heavy atom. The summed E-state index contributed by atoms with van der Waals surface area (Å²) in [5, 5.41) is 9.41. The van der Waals surface area contributed by atoms with Crippen molar-refractivity contribution in [2.24, 2.45) is 0 Å². The summed E-state index contributed by atoms with van der Waals surface area (Å²) in [5.41, 5.74) is 0.165. The van der Waals surface area contributed by atoms with Gasteiger partial charge in [-0.05, 0) is 12.1 Å². The van der Waals surface area contributed by atoms with E-state index >= 15 is 0 Å². The maximum absolute atomic E-state index is 11.3. The summed E-state index contributed by atoms with van der Waals surface area (Å²) < 4.78 is 0. The first-order chi connectivity index (χ1) is 8.00. The van der Waals surface area contributed by atoms with E-state index < -0.39 is 5.97 Å². The van der Waals surface area contributed by atoms with Crippen LogP contribution in [0.15, 0.2) is 23.4 Å². The lowest BCUT2D eigenvalue weighted by Gasteiger charge is -2.09. The Hall–Kier alpha value is -1.56. The highest BCUT2D eigenvalue weighted by molar-refractivity contribution is 7.99. The van der Waals surface area contributed by atoms with E-state index in [4.69, 9.17) is 5.11 Å². The number of thioether (sulfide) groups is 1. The highest BCUT2D eigenvalue weighted by Gasteiger charge is 2.06. The minimum absolute atomic E-state index is 0.0691. The number of carboxylic acid groups (broad SMARTS) is 1. The standard InChI is InChI=1S/C11H14N2O3S/c1-13(2)10(14)5-6-17-9-4-3-8(7-12-9)11(15)16/h3-4,7H,5-6H2,1-2H3,(H,15,16). The molecule has 1 rings (SSSR count). The van der Waals surface area contributed by atoms with Crippen LogP contribution < -0.4 is 0 Å². The Kier molecular flexibility index (Phi) is 4.96. The van der Waals surface area contributed by atoms with Gasteiger partial charge in [0.1, 0.15) is 0 Å². The first-order valence-electron chi connectivity index (χ1n) is 5.03. The number of aromatic carboxylic acids is 1. The summed E-state index contributed by atoms with van der Waals surface area (Å²) in [6, 6.07) is 3.15. The van der Waals surface area contributed by atoms with Gasteiger partial charge in [0, 0.05) is 32.5 Å². The minimum atomic E-state index is -0.989. The molecule has 0 radical (unpaired) electrons. The van der Waals surface area contributed by atoms with Crippen molar-refractivity contribution >= 4 is 23.6 Å². The largest absolute Gasteiger partial charge is 0.478 e. The molecule has 0 fully saturated rings. The van der Waals surface area contributed by atoms with Crippen LogP contribution in [0.2, 0.25) is 0 Å². The monoisotopic (exact) mass is 254 g/mol. The summed E-state index contributed by atoms with van der Waals surface area (Å²) >= 11 is 1.44. The maximum Gasteiger partial charge on any atom is 0.337 e. The van der Waals surface area contributed by atoms with Gasteiger partial charge in [0.05, 0.1) is 10.6 Å². The Morgan fingerprint density at radius 1 is 1.41 bits per heavy atom. The van der Waals surface area contributed by atoms with E-state index in [2.05, 4.69) is 4.98 Å². The predicted molar refractivity (Wildman–Crippen MR) is 65.2 cm³/mol. The lowest BCUT2D eigenvalue weighted by atomic mass is 10.3. The second-order valence-corrected chi connectivity index (χ2v) is 4.69. The third kappa shape index (κ3) is 4.44. The topological polar surface area (TPSA) is 70.5 Å². The van der Waals surface area contributed by atoms with Gasteiger partial charge in [0.25, 0.3) is 0 Å². The molecule has 0 saturated heterocycles. The van der Waals surface area contributed by atoms with Crippen molar-refractivity contribution < 1.29 is 14.7 Å². The average Bonchev–Trinajstić information content (AvgIpc) is 2.29. The SMILES string of the molecule is CN(C)C(=O)CCSc1ccc(C(=O)O)cn1. The van der Waals surface area contributed by atoms with E-state index in [1.165, 1.54) is 24.0 Å². The van der Waals surface area contributed by atoms with Gasteiger partial charge in [-0.15, -0.1) is 11.8 Å². The molecule has 0 spiro atoms. The van der Waals surface area contributed by atoms with Crippen molar-refractivity contribution in [1.29, 1.82) is 0 Å². The Morgan fingerprint density at radius 2 is 2.12 bits per heavy atom. The molecule has 0 bridgehead atoms. The fraction of sp³-hybridized carbons (Fsp3) is 0.364. The van der Waals surface area contributed by atoms with Crippen LogP contribution >= 0.6 is 11.8 Å². The smallest absolute Gasteiger partial charge is 0.337 e. The van der Waals surface area contributed by atoms with E-state index in [9.17, 15) is 9.59 Å². The van der Waals surface area contributed by atoms with Crippen LogP contribution in [0.4, 0.5) is 0 Å². The molecule has 0 unspecified atom stereocenters. The van der Waals surface area contributed by atoms with Crippen LogP contribution in [-0.2, 0) is 4.79 Å². The molecule has 17 heavy (non-hydrogen) atoms. The fourth-order valence-corrected chi connectivity index (χ4v) is 1.84. The number of aromatic nitrogens is 1. The van der Waals surface area contributed by atoms with Gasteiger partial charge < -0.3 is 10.0 Å². The lowest BCUT2D eigenvalue weighted by molar-refractivity contribution is -0.128. The minimum Gasteiger partial charge on any atom is -0.478 e. The zero-order valence-corrected chi connectivity index (χ0v) is 10.5. The van der Waals surface area contributed by atoms with E-state index in [-0.39, 0.29) is 11.5 Å². The molecular formula is C11H14N2O3S. The van der Waals surface area contributed by atoms with Crippen molar-refractivity contribution in [3.05, 3.63) is 23.9 Å². The molecule has 0 aliphatic heterocycles.